The van der Waals surface area contributed by atoms with Gasteiger partial charge in [-0.1, -0.05) is 13.8 Å². The smallest absolute Gasteiger partial charge is 0.0838 e. The molecule has 0 aromatic heterocycles. The second-order valence-electron chi connectivity index (χ2n) is 5.52. The van der Waals surface area contributed by atoms with Gasteiger partial charge in [-0.2, -0.15) is 11.8 Å². The van der Waals surface area contributed by atoms with Crippen molar-refractivity contribution in [1.82, 2.24) is 0 Å². The molecule has 3 heteroatoms. The quantitative estimate of drug-likeness (QED) is 0.749. The lowest BCUT2D eigenvalue weighted by molar-refractivity contribution is -0.133. The van der Waals surface area contributed by atoms with E-state index < -0.39 is 5.60 Å². The van der Waals surface area contributed by atoms with Crippen LogP contribution in [-0.2, 0) is 4.74 Å². The number of rotatable bonds is 1. The predicted octanol–water partition coefficient (Wildman–Crippen LogP) is 2.31. The second kappa shape index (κ2) is 4.27. The standard InChI is InChI=1S/C12H22O2S/c1-11(2)5-7-15-9-12(11,13)10-4-3-6-14-8-10/h10,13H,3-9H2,1-2H3. The summed E-state index contributed by atoms with van der Waals surface area (Å²) >= 11 is 1.89. The van der Waals surface area contributed by atoms with Crippen LogP contribution in [0.2, 0.25) is 0 Å². The van der Waals surface area contributed by atoms with Gasteiger partial charge in [-0.05, 0) is 30.4 Å². The maximum atomic E-state index is 10.9. The van der Waals surface area contributed by atoms with Gasteiger partial charge >= 0.3 is 0 Å². The molecule has 2 fully saturated rings. The van der Waals surface area contributed by atoms with Crippen molar-refractivity contribution in [3.05, 3.63) is 0 Å². The Balaban J connectivity index is 2.14. The molecule has 88 valence electrons. The molecule has 0 amide bonds. The fraction of sp³-hybridized carbons (Fsp3) is 1.00. The Morgan fingerprint density at radius 3 is 2.80 bits per heavy atom. The second-order valence-corrected chi connectivity index (χ2v) is 6.63. The molecule has 2 atom stereocenters. The van der Waals surface area contributed by atoms with E-state index in [-0.39, 0.29) is 5.41 Å². The molecule has 15 heavy (non-hydrogen) atoms. The molecule has 2 aliphatic rings. The summed E-state index contributed by atoms with van der Waals surface area (Å²) in [7, 11) is 0. The van der Waals surface area contributed by atoms with Gasteiger partial charge in [-0.3, -0.25) is 0 Å². The average molecular weight is 230 g/mol. The predicted molar refractivity (Wildman–Crippen MR) is 64.2 cm³/mol. The van der Waals surface area contributed by atoms with E-state index in [1.54, 1.807) is 0 Å². The first-order chi connectivity index (χ1) is 7.06. The van der Waals surface area contributed by atoms with Crippen LogP contribution in [0, 0.1) is 11.3 Å². The van der Waals surface area contributed by atoms with Crippen LogP contribution in [0.3, 0.4) is 0 Å². The fourth-order valence-electron chi connectivity index (χ4n) is 2.75. The van der Waals surface area contributed by atoms with E-state index >= 15 is 0 Å². The lowest BCUT2D eigenvalue weighted by atomic mass is 9.65. The molecule has 2 aliphatic heterocycles. The zero-order chi connectivity index (χ0) is 10.9. The van der Waals surface area contributed by atoms with E-state index in [1.165, 1.54) is 5.75 Å². The number of ether oxygens (including phenoxy) is 1. The van der Waals surface area contributed by atoms with Gasteiger partial charge in [0.2, 0.25) is 0 Å². The molecule has 2 unspecified atom stereocenters. The lowest BCUT2D eigenvalue weighted by Crippen LogP contribution is -2.57. The zero-order valence-electron chi connectivity index (χ0n) is 9.79. The van der Waals surface area contributed by atoms with E-state index in [0.717, 1.165) is 38.2 Å². The molecule has 2 nitrogen and oxygen atoms in total. The molecule has 2 saturated heterocycles. The first kappa shape index (κ1) is 11.7. The average Bonchev–Trinajstić information content (AvgIpc) is 2.24. The summed E-state index contributed by atoms with van der Waals surface area (Å²) in [6.45, 7) is 6.04. The minimum absolute atomic E-state index is 0.0453. The summed E-state index contributed by atoms with van der Waals surface area (Å²) < 4.78 is 5.52. The van der Waals surface area contributed by atoms with E-state index in [9.17, 15) is 5.11 Å². The third-order valence-corrected chi connectivity index (χ3v) is 5.34. The van der Waals surface area contributed by atoms with Crippen LogP contribution < -0.4 is 0 Å². The van der Waals surface area contributed by atoms with Gasteiger partial charge in [0.05, 0.1) is 12.2 Å². The van der Waals surface area contributed by atoms with Gasteiger partial charge in [-0.15, -0.1) is 0 Å². The van der Waals surface area contributed by atoms with Crippen LogP contribution in [0.4, 0.5) is 0 Å². The van der Waals surface area contributed by atoms with Crippen LogP contribution >= 0.6 is 11.8 Å². The molecule has 0 aromatic carbocycles. The number of hydrogen-bond acceptors (Lipinski definition) is 3. The van der Waals surface area contributed by atoms with Crippen molar-refractivity contribution < 1.29 is 9.84 Å². The normalized spacial score (nSPS) is 41.4. The Bertz CT molecular complexity index is 224. The minimum atomic E-state index is -0.518. The molecule has 1 N–H and O–H groups in total. The first-order valence-corrected chi connectivity index (χ1v) is 7.10. The molecule has 0 saturated carbocycles. The first-order valence-electron chi connectivity index (χ1n) is 5.94. The lowest BCUT2D eigenvalue weighted by Gasteiger charge is -2.51. The topological polar surface area (TPSA) is 29.5 Å². The summed E-state index contributed by atoms with van der Waals surface area (Å²) in [4.78, 5) is 0. The molecule has 0 aliphatic carbocycles. The minimum Gasteiger partial charge on any atom is -0.388 e. The van der Waals surface area contributed by atoms with Crippen molar-refractivity contribution in [2.45, 2.75) is 38.7 Å². The number of hydrogen-bond donors (Lipinski definition) is 1. The van der Waals surface area contributed by atoms with E-state index in [4.69, 9.17) is 4.74 Å². The summed E-state index contributed by atoms with van der Waals surface area (Å²) in [5, 5.41) is 10.9. The van der Waals surface area contributed by atoms with Crippen LogP contribution in [0.15, 0.2) is 0 Å². The highest BCUT2D eigenvalue weighted by Crippen LogP contribution is 2.48. The maximum Gasteiger partial charge on any atom is 0.0838 e. The van der Waals surface area contributed by atoms with Crippen molar-refractivity contribution in [3.8, 4) is 0 Å². The molecule has 2 rings (SSSR count). The van der Waals surface area contributed by atoms with E-state index in [2.05, 4.69) is 13.8 Å². The Hall–Kier alpha value is 0.270. The Morgan fingerprint density at radius 2 is 2.20 bits per heavy atom. The van der Waals surface area contributed by atoms with E-state index in [1.807, 2.05) is 11.8 Å². The number of thioether (sulfide) groups is 1. The summed E-state index contributed by atoms with van der Waals surface area (Å²) in [6, 6.07) is 0. The Kier molecular flexibility index (Phi) is 3.34. The summed E-state index contributed by atoms with van der Waals surface area (Å²) in [6.07, 6.45) is 3.35. The van der Waals surface area contributed by atoms with Gasteiger partial charge in [0.25, 0.3) is 0 Å². The van der Waals surface area contributed by atoms with Gasteiger partial charge < -0.3 is 9.84 Å². The van der Waals surface area contributed by atoms with Crippen LogP contribution in [-0.4, -0.2) is 35.4 Å². The van der Waals surface area contributed by atoms with Crippen molar-refractivity contribution in [2.24, 2.45) is 11.3 Å². The van der Waals surface area contributed by atoms with Gasteiger partial charge in [0.15, 0.2) is 0 Å². The highest BCUT2D eigenvalue weighted by molar-refractivity contribution is 7.99. The fourth-order valence-corrected chi connectivity index (χ4v) is 4.49. The largest absolute Gasteiger partial charge is 0.388 e. The Morgan fingerprint density at radius 1 is 1.40 bits per heavy atom. The van der Waals surface area contributed by atoms with Crippen molar-refractivity contribution in [1.29, 1.82) is 0 Å². The molecular formula is C12H22O2S. The molecule has 2 heterocycles. The Labute approximate surface area is 96.8 Å². The van der Waals surface area contributed by atoms with Crippen LogP contribution in [0.1, 0.15) is 33.1 Å². The molecule has 0 radical (unpaired) electrons. The third-order valence-electron chi connectivity index (χ3n) is 4.20. The highest BCUT2D eigenvalue weighted by Gasteiger charge is 2.50. The van der Waals surface area contributed by atoms with Gasteiger partial charge in [0.1, 0.15) is 0 Å². The van der Waals surface area contributed by atoms with Crippen LogP contribution in [0.25, 0.3) is 0 Å². The molecule has 0 bridgehead atoms. The maximum absolute atomic E-state index is 10.9. The third kappa shape index (κ3) is 2.06. The van der Waals surface area contributed by atoms with E-state index in [0.29, 0.717) is 5.92 Å². The monoisotopic (exact) mass is 230 g/mol. The van der Waals surface area contributed by atoms with Gasteiger partial charge in [-0.25, -0.2) is 0 Å². The highest BCUT2D eigenvalue weighted by atomic mass is 32.2. The SMILES string of the molecule is CC1(C)CCSCC1(O)C1CCCOC1. The number of aliphatic hydroxyl groups is 1. The zero-order valence-corrected chi connectivity index (χ0v) is 10.6. The molecule has 0 aromatic rings. The van der Waals surface area contributed by atoms with Crippen LogP contribution in [0.5, 0.6) is 0 Å². The van der Waals surface area contributed by atoms with Crippen molar-refractivity contribution in [2.75, 3.05) is 24.7 Å². The molecule has 0 spiro atoms. The summed E-state index contributed by atoms with van der Waals surface area (Å²) in [5.41, 5.74) is -0.472. The van der Waals surface area contributed by atoms with Crippen molar-refractivity contribution >= 4 is 11.8 Å². The van der Waals surface area contributed by atoms with Crippen molar-refractivity contribution in [3.63, 3.8) is 0 Å². The summed E-state index contributed by atoms with van der Waals surface area (Å²) in [5.74, 6) is 2.41. The molecular weight excluding hydrogens is 208 g/mol. The van der Waals surface area contributed by atoms with Gasteiger partial charge in [0, 0.05) is 18.3 Å².